The first-order valence-corrected chi connectivity index (χ1v) is 6.72. The first kappa shape index (κ1) is 13.4. The van der Waals surface area contributed by atoms with Crippen LogP contribution in [0.4, 0.5) is 5.69 Å². The van der Waals surface area contributed by atoms with E-state index in [9.17, 15) is 4.79 Å². The molecule has 0 radical (unpaired) electrons. The Kier molecular flexibility index (Phi) is 4.25. The van der Waals surface area contributed by atoms with Crippen molar-refractivity contribution in [3.05, 3.63) is 29.3 Å². The molecular weight excluding hydrogens is 248 g/mol. The van der Waals surface area contributed by atoms with Gasteiger partial charge in [-0.2, -0.15) is 0 Å². The maximum Gasteiger partial charge on any atom is 0.238 e. The zero-order valence-electron chi connectivity index (χ0n) is 10.6. The number of carbonyl (C=O) groups excluding carboxylic acids is 1. The molecule has 98 valence electrons. The van der Waals surface area contributed by atoms with E-state index in [2.05, 4.69) is 17.6 Å². The lowest BCUT2D eigenvalue weighted by atomic mass is 9.70. The third-order valence-electron chi connectivity index (χ3n) is 3.55. The van der Waals surface area contributed by atoms with Gasteiger partial charge in [0.25, 0.3) is 0 Å². The van der Waals surface area contributed by atoms with Crippen molar-refractivity contribution in [2.24, 2.45) is 5.41 Å². The third kappa shape index (κ3) is 3.47. The van der Waals surface area contributed by atoms with Crippen molar-refractivity contribution in [3.8, 4) is 0 Å². The third-order valence-corrected chi connectivity index (χ3v) is 3.88. The Bertz CT molecular complexity index is 430. The van der Waals surface area contributed by atoms with Crippen molar-refractivity contribution in [1.29, 1.82) is 0 Å². The van der Waals surface area contributed by atoms with Crippen molar-refractivity contribution in [3.63, 3.8) is 0 Å². The summed E-state index contributed by atoms with van der Waals surface area (Å²) in [5.74, 6) is -0.0500. The molecule has 1 saturated carbocycles. The maximum absolute atomic E-state index is 11.7. The summed E-state index contributed by atoms with van der Waals surface area (Å²) in [7, 11) is 0. The van der Waals surface area contributed by atoms with Crippen LogP contribution in [0.25, 0.3) is 0 Å². The molecule has 4 heteroatoms. The van der Waals surface area contributed by atoms with E-state index in [1.165, 1.54) is 19.3 Å². The van der Waals surface area contributed by atoms with Gasteiger partial charge >= 0.3 is 0 Å². The molecule has 1 fully saturated rings. The van der Waals surface area contributed by atoms with E-state index in [0.29, 0.717) is 22.7 Å². The molecule has 1 aliphatic carbocycles. The molecule has 0 saturated heterocycles. The van der Waals surface area contributed by atoms with Gasteiger partial charge in [0, 0.05) is 6.54 Å². The quantitative estimate of drug-likeness (QED) is 0.860. The molecule has 0 bridgehead atoms. The number of anilines is 1. The Hall–Kier alpha value is -1.06. The number of nitrogens with one attached hydrogen (secondary N) is 2. The molecule has 1 aromatic rings. The standard InChI is InChI=1S/C14H19ClN2O/c1-14(7-4-8-14)10-16-9-13(18)17-12-6-3-2-5-11(12)15/h2-3,5-6,16H,4,7-10H2,1H3,(H,17,18). The molecule has 2 N–H and O–H groups in total. The largest absolute Gasteiger partial charge is 0.324 e. The van der Waals surface area contributed by atoms with Gasteiger partial charge in [0.1, 0.15) is 0 Å². The van der Waals surface area contributed by atoms with E-state index in [1.807, 2.05) is 12.1 Å². The second-order valence-corrected chi connectivity index (χ2v) is 5.70. The van der Waals surface area contributed by atoms with Gasteiger partial charge in [-0.1, -0.05) is 37.1 Å². The summed E-state index contributed by atoms with van der Waals surface area (Å²) in [4.78, 5) is 11.7. The van der Waals surface area contributed by atoms with E-state index in [1.54, 1.807) is 12.1 Å². The van der Waals surface area contributed by atoms with E-state index < -0.39 is 0 Å². The lowest BCUT2D eigenvalue weighted by Gasteiger charge is -2.38. The predicted molar refractivity (Wildman–Crippen MR) is 74.9 cm³/mol. The molecule has 0 aliphatic heterocycles. The Morgan fingerprint density at radius 2 is 2.11 bits per heavy atom. The van der Waals surface area contributed by atoms with E-state index in [0.717, 1.165) is 6.54 Å². The van der Waals surface area contributed by atoms with Crippen LogP contribution in [0.15, 0.2) is 24.3 Å². The van der Waals surface area contributed by atoms with Gasteiger partial charge in [-0.15, -0.1) is 0 Å². The van der Waals surface area contributed by atoms with Crippen LogP contribution in [-0.2, 0) is 4.79 Å². The Labute approximate surface area is 113 Å². The SMILES string of the molecule is CC1(CNCC(=O)Nc2ccccc2Cl)CCC1. The van der Waals surface area contributed by atoms with Gasteiger partial charge in [-0.25, -0.2) is 0 Å². The van der Waals surface area contributed by atoms with Crippen LogP contribution in [0, 0.1) is 5.41 Å². The molecule has 2 rings (SSSR count). The fourth-order valence-corrected chi connectivity index (χ4v) is 2.37. The Balaban J connectivity index is 1.74. The minimum Gasteiger partial charge on any atom is -0.324 e. The minimum absolute atomic E-state index is 0.0500. The van der Waals surface area contributed by atoms with Gasteiger partial charge in [-0.05, 0) is 30.4 Å². The topological polar surface area (TPSA) is 41.1 Å². The second-order valence-electron chi connectivity index (χ2n) is 5.30. The lowest BCUT2D eigenvalue weighted by Crippen LogP contribution is -2.40. The van der Waals surface area contributed by atoms with Gasteiger partial charge in [0.2, 0.25) is 5.91 Å². The molecular formula is C14H19ClN2O. The lowest BCUT2D eigenvalue weighted by molar-refractivity contribution is -0.115. The van der Waals surface area contributed by atoms with Crippen LogP contribution >= 0.6 is 11.6 Å². The molecule has 0 aromatic heterocycles. The first-order valence-electron chi connectivity index (χ1n) is 6.34. The number of hydrogen-bond acceptors (Lipinski definition) is 2. The molecule has 1 aromatic carbocycles. The van der Waals surface area contributed by atoms with Crippen molar-refractivity contribution < 1.29 is 4.79 Å². The molecule has 0 heterocycles. The van der Waals surface area contributed by atoms with Gasteiger partial charge in [0.15, 0.2) is 0 Å². The van der Waals surface area contributed by atoms with Crippen LogP contribution < -0.4 is 10.6 Å². The first-order chi connectivity index (χ1) is 8.59. The molecule has 3 nitrogen and oxygen atoms in total. The van der Waals surface area contributed by atoms with Crippen LogP contribution in [0.3, 0.4) is 0 Å². The number of para-hydroxylation sites is 1. The zero-order chi connectivity index (χ0) is 13.0. The average Bonchev–Trinajstić information content (AvgIpc) is 2.30. The van der Waals surface area contributed by atoms with Crippen LogP contribution in [0.1, 0.15) is 26.2 Å². The molecule has 0 atom stereocenters. The minimum atomic E-state index is -0.0500. The molecule has 0 spiro atoms. The highest BCUT2D eigenvalue weighted by molar-refractivity contribution is 6.33. The number of halogens is 1. The summed E-state index contributed by atoms with van der Waals surface area (Å²) in [6.07, 6.45) is 3.82. The monoisotopic (exact) mass is 266 g/mol. The van der Waals surface area contributed by atoms with Crippen LogP contribution in [0.5, 0.6) is 0 Å². The summed E-state index contributed by atoms with van der Waals surface area (Å²) in [6, 6.07) is 7.26. The summed E-state index contributed by atoms with van der Waals surface area (Å²) >= 11 is 5.97. The van der Waals surface area contributed by atoms with Crippen molar-refractivity contribution in [2.75, 3.05) is 18.4 Å². The molecule has 1 amide bonds. The summed E-state index contributed by atoms with van der Waals surface area (Å²) < 4.78 is 0. The molecule has 1 aliphatic rings. The van der Waals surface area contributed by atoms with Crippen molar-refractivity contribution >= 4 is 23.2 Å². The molecule has 0 unspecified atom stereocenters. The van der Waals surface area contributed by atoms with Crippen LogP contribution in [-0.4, -0.2) is 19.0 Å². The van der Waals surface area contributed by atoms with Crippen molar-refractivity contribution in [1.82, 2.24) is 5.32 Å². The number of amides is 1. The predicted octanol–water partition coefficient (Wildman–Crippen LogP) is 3.06. The fourth-order valence-electron chi connectivity index (χ4n) is 2.19. The smallest absolute Gasteiger partial charge is 0.238 e. The van der Waals surface area contributed by atoms with Gasteiger partial charge in [0.05, 0.1) is 17.3 Å². The van der Waals surface area contributed by atoms with Crippen LogP contribution in [0.2, 0.25) is 5.02 Å². The summed E-state index contributed by atoms with van der Waals surface area (Å²) in [5.41, 5.74) is 1.06. The summed E-state index contributed by atoms with van der Waals surface area (Å²) in [6.45, 7) is 3.50. The number of carbonyl (C=O) groups is 1. The summed E-state index contributed by atoms with van der Waals surface area (Å²) in [5, 5.41) is 6.58. The number of benzene rings is 1. The van der Waals surface area contributed by atoms with E-state index in [-0.39, 0.29) is 5.91 Å². The number of hydrogen-bond donors (Lipinski definition) is 2. The van der Waals surface area contributed by atoms with Gasteiger partial charge < -0.3 is 10.6 Å². The van der Waals surface area contributed by atoms with E-state index in [4.69, 9.17) is 11.6 Å². The van der Waals surface area contributed by atoms with E-state index >= 15 is 0 Å². The van der Waals surface area contributed by atoms with Crippen molar-refractivity contribution in [2.45, 2.75) is 26.2 Å². The average molecular weight is 267 g/mol. The molecule has 18 heavy (non-hydrogen) atoms. The zero-order valence-corrected chi connectivity index (χ0v) is 11.4. The maximum atomic E-state index is 11.7. The highest BCUT2D eigenvalue weighted by Gasteiger charge is 2.31. The number of rotatable bonds is 5. The Morgan fingerprint density at radius 3 is 2.72 bits per heavy atom. The Morgan fingerprint density at radius 1 is 1.39 bits per heavy atom. The second kappa shape index (κ2) is 5.72. The normalized spacial score (nSPS) is 17.0. The highest BCUT2D eigenvalue weighted by Crippen LogP contribution is 2.39. The van der Waals surface area contributed by atoms with Gasteiger partial charge in [-0.3, -0.25) is 4.79 Å². The highest BCUT2D eigenvalue weighted by atomic mass is 35.5. The fraction of sp³-hybridized carbons (Fsp3) is 0.500.